The lowest BCUT2D eigenvalue weighted by Gasteiger charge is -2.28. The topological polar surface area (TPSA) is 6.48 Å². The Bertz CT molecular complexity index is 3510. The van der Waals surface area contributed by atoms with Crippen molar-refractivity contribution in [1.29, 1.82) is 0 Å². The van der Waals surface area contributed by atoms with E-state index in [0.29, 0.717) is 0 Å². The molecule has 2 nitrogen and oxygen atoms in total. The summed E-state index contributed by atoms with van der Waals surface area (Å²) >= 11 is 0. The van der Waals surface area contributed by atoms with Crippen LogP contribution in [0.25, 0.3) is 65.7 Å². The van der Waals surface area contributed by atoms with Crippen molar-refractivity contribution in [3.63, 3.8) is 0 Å². The quantitative estimate of drug-likeness (QED) is 0.141. The van der Waals surface area contributed by atoms with Crippen molar-refractivity contribution >= 4 is 66.4 Å². The Hall–Kier alpha value is -8.20. The Morgan fingerprint density at radius 3 is 1.29 bits per heavy atom. The van der Waals surface area contributed by atoms with E-state index in [1.807, 2.05) is 0 Å². The second kappa shape index (κ2) is 15.6. The van der Waals surface area contributed by atoms with Crippen LogP contribution in [0.1, 0.15) is 25.0 Å². The molecule has 0 fully saturated rings. The highest BCUT2D eigenvalue weighted by molar-refractivity contribution is 6.23. The Kier molecular flexibility index (Phi) is 9.21. The lowest BCUT2D eigenvalue weighted by atomic mass is 9.79. The molecule has 0 atom stereocenters. The van der Waals surface area contributed by atoms with Gasteiger partial charge in [0.25, 0.3) is 0 Å². The Labute approximate surface area is 380 Å². The smallest absolute Gasteiger partial charge is 0.0468 e. The van der Waals surface area contributed by atoms with E-state index in [1.165, 1.54) is 76.8 Å². The number of para-hydroxylation sites is 3. The molecule has 0 heterocycles. The molecular weight excluding hydrogens is 785 g/mol. The highest BCUT2D eigenvalue weighted by Gasteiger charge is 2.37. The third kappa shape index (κ3) is 6.49. The fourth-order valence-electron chi connectivity index (χ4n) is 10.5. The molecule has 12 rings (SSSR count). The summed E-state index contributed by atoms with van der Waals surface area (Å²) in [5.41, 5.74) is 16.7. The second-order valence-corrected chi connectivity index (χ2v) is 17.7. The van der Waals surface area contributed by atoms with Gasteiger partial charge in [-0.05, 0) is 162 Å². The summed E-state index contributed by atoms with van der Waals surface area (Å²) in [6.07, 6.45) is 0. The number of nitrogens with zero attached hydrogens (tertiary/aromatic N) is 2. The average molecular weight is 831 g/mol. The van der Waals surface area contributed by atoms with Crippen LogP contribution >= 0.6 is 0 Å². The number of hydrogen-bond donors (Lipinski definition) is 0. The molecule has 0 aliphatic heterocycles. The van der Waals surface area contributed by atoms with E-state index in [9.17, 15) is 0 Å². The molecular formula is C63H46N2. The van der Waals surface area contributed by atoms with Gasteiger partial charge in [0.1, 0.15) is 0 Å². The van der Waals surface area contributed by atoms with Crippen molar-refractivity contribution in [2.75, 3.05) is 9.80 Å². The highest BCUT2D eigenvalue weighted by atomic mass is 15.1. The minimum Gasteiger partial charge on any atom is -0.310 e. The van der Waals surface area contributed by atoms with Gasteiger partial charge in [0.15, 0.2) is 0 Å². The van der Waals surface area contributed by atoms with Crippen molar-refractivity contribution in [3.05, 3.63) is 254 Å². The van der Waals surface area contributed by atoms with Crippen LogP contribution in [-0.2, 0) is 5.41 Å². The molecule has 0 aromatic heterocycles. The van der Waals surface area contributed by atoms with Gasteiger partial charge < -0.3 is 9.80 Å². The molecule has 0 unspecified atom stereocenters. The maximum absolute atomic E-state index is 2.53. The van der Waals surface area contributed by atoms with E-state index in [2.05, 4.69) is 266 Å². The fourth-order valence-corrected chi connectivity index (χ4v) is 10.5. The van der Waals surface area contributed by atoms with Crippen molar-refractivity contribution in [2.45, 2.75) is 19.3 Å². The van der Waals surface area contributed by atoms with Crippen molar-refractivity contribution in [3.8, 4) is 33.4 Å². The molecule has 2 heteroatoms. The molecule has 0 amide bonds. The van der Waals surface area contributed by atoms with Gasteiger partial charge in [-0.25, -0.2) is 0 Å². The number of fused-ring (bicyclic) bond motifs is 6. The van der Waals surface area contributed by atoms with Gasteiger partial charge >= 0.3 is 0 Å². The summed E-state index contributed by atoms with van der Waals surface area (Å²) in [5.74, 6) is 0. The van der Waals surface area contributed by atoms with Crippen molar-refractivity contribution in [2.24, 2.45) is 0 Å². The maximum atomic E-state index is 2.53. The molecule has 65 heavy (non-hydrogen) atoms. The number of hydrogen-bond acceptors (Lipinski definition) is 2. The van der Waals surface area contributed by atoms with E-state index in [4.69, 9.17) is 0 Å². The summed E-state index contributed by atoms with van der Waals surface area (Å²) in [6, 6.07) is 88.9. The van der Waals surface area contributed by atoms with Crippen LogP contribution in [0.4, 0.5) is 34.1 Å². The van der Waals surface area contributed by atoms with Gasteiger partial charge in [0.05, 0.1) is 0 Å². The lowest BCUT2D eigenvalue weighted by molar-refractivity contribution is 0.661. The number of rotatable bonds is 8. The molecule has 308 valence electrons. The highest BCUT2D eigenvalue weighted by Crippen LogP contribution is 2.55. The minimum atomic E-state index is -0.260. The first kappa shape index (κ1) is 38.5. The Balaban J connectivity index is 1.13. The van der Waals surface area contributed by atoms with E-state index in [-0.39, 0.29) is 5.41 Å². The van der Waals surface area contributed by atoms with E-state index in [1.54, 1.807) is 0 Å². The molecule has 0 radical (unpaired) electrons. The molecule has 11 aromatic carbocycles. The van der Waals surface area contributed by atoms with Crippen LogP contribution in [0.2, 0.25) is 0 Å². The number of anilines is 6. The maximum Gasteiger partial charge on any atom is 0.0468 e. The fraction of sp³-hybridized carbons (Fsp3) is 0.0476. The molecule has 1 aliphatic carbocycles. The predicted octanol–water partition coefficient (Wildman–Crippen LogP) is 17.7. The third-order valence-corrected chi connectivity index (χ3v) is 13.6. The van der Waals surface area contributed by atoms with Crippen LogP contribution in [0.3, 0.4) is 0 Å². The third-order valence-electron chi connectivity index (χ3n) is 13.6. The summed E-state index contributed by atoms with van der Waals surface area (Å²) in [7, 11) is 0. The normalized spacial score (nSPS) is 12.6. The van der Waals surface area contributed by atoms with Gasteiger partial charge in [0, 0.05) is 39.5 Å². The average Bonchev–Trinajstić information content (AvgIpc) is 3.58. The Morgan fingerprint density at radius 1 is 0.277 bits per heavy atom. The van der Waals surface area contributed by atoms with Gasteiger partial charge in [-0.15, -0.1) is 0 Å². The minimum absolute atomic E-state index is 0.260. The van der Waals surface area contributed by atoms with Gasteiger partial charge in [-0.3, -0.25) is 0 Å². The lowest BCUT2D eigenvalue weighted by Crippen LogP contribution is -2.16. The molecule has 0 bridgehead atoms. The molecule has 0 saturated heterocycles. The molecule has 0 N–H and O–H groups in total. The standard InChI is InChI=1S/C63H46N2/c1-63(2)59-40-52(64(47-26-12-5-13-27-47)48-28-14-6-15-29-48)34-36-53(59)55-41-57-58(42-60(55)63)61(44-21-8-3-9-22-44)54-37-35-51(39-56(54)62(57)45-23-10-4-11-24-45)65(49-30-16-7-17-31-49)50-33-32-43-20-18-19-25-46(43)38-50/h3-42H,1-2H3. The van der Waals surface area contributed by atoms with Gasteiger partial charge in [-0.2, -0.15) is 0 Å². The van der Waals surface area contributed by atoms with Gasteiger partial charge in [0.2, 0.25) is 0 Å². The van der Waals surface area contributed by atoms with Crippen molar-refractivity contribution < 1.29 is 0 Å². The van der Waals surface area contributed by atoms with Crippen molar-refractivity contribution in [1.82, 2.24) is 0 Å². The van der Waals surface area contributed by atoms with E-state index < -0.39 is 0 Å². The summed E-state index contributed by atoms with van der Waals surface area (Å²) in [6.45, 7) is 4.81. The molecule has 1 aliphatic rings. The summed E-state index contributed by atoms with van der Waals surface area (Å²) in [4.78, 5) is 4.78. The zero-order valence-corrected chi connectivity index (χ0v) is 36.5. The van der Waals surface area contributed by atoms with Crippen LogP contribution in [0.15, 0.2) is 243 Å². The summed E-state index contributed by atoms with van der Waals surface area (Å²) in [5, 5.41) is 7.40. The SMILES string of the molecule is CC1(C)c2cc(N(c3ccccc3)c3ccccc3)ccc2-c2cc3c(-c4ccccc4)c4cc(N(c5ccccc5)c5ccc6ccccc6c5)ccc4c(-c4ccccc4)c3cc21. The first-order valence-electron chi connectivity index (χ1n) is 22.6. The van der Waals surface area contributed by atoms with E-state index >= 15 is 0 Å². The van der Waals surface area contributed by atoms with Crippen LogP contribution in [-0.4, -0.2) is 0 Å². The molecule has 0 spiro atoms. The molecule has 0 saturated carbocycles. The van der Waals surface area contributed by atoms with Crippen LogP contribution in [0, 0.1) is 0 Å². The van der Waals surface area contributed by atoms with Crippen LogP contribution < -0.4 is 9.80 Å². The Morgan fingerprint density at radius 2 is 0.692 bits per heavy atom. The molecule has 11 aromatic rings. The second-order valence-electron chi connectivity index (χ2n) is 17.7. The predicted molar refractivity (Wildman–Crippen MR) is 277 cm³/mol. The monoisotopic (exact) mass is 830 g/mol. The summed E-state index contributed by atoms with van der Waals surface area (Å²) < 4.78 is 0. The zero-order chi connectivity index (χ0) is 43.5. The first-order chi connectivity index (χ1) is 32.0. The zero-order valence-electron chi connectivity index (χ0n) is 36.5. The largest absolute Gasteiger partial charge is 0.310 e. The first-order valence-corrected chi connectivity index (χ1v) is 22.6. The van der Waals surface area contributed by atoms with E-state index in [0.717, 1.165) is 34.1 Å². The van der Waals surface area contributed by atoms with Crippen LogP contribution in [0.5, 0.6) is 0 Å². The van der Waals surface area contributed by atoms with Gasteiger partial charge in [-0.1, -0.05) is 172 Å². The number of benzene rings is 11.